The number of nitrogens with zero attached hydrogens (tertiary/aromatic N) is 2. The average Bonchev–Trinajstić information content (AvgIpc) is 2.98. The molecule has 90 valence electrons. The Kier molecular flexibility index (Phi) is 2.32. The predicted octanol–water partition coefficient (Wildman–Crippen LogP) is 4.51. The second-order valence-electron chi connectivity index (χ2n) is 4.39. The first-order chi connectivity index (χ1) is 9.40. The highest BCUT2D eigenvalue weighted by Gasteiger charge is 2.04. The second kappa shape index (κ2) is 4.14. The van der Waals surface area contributed by atoms with Gasteiger partial charge in [-0.15, -0.1) is 11.3 Å². The van der Waals surface area contributed by atoms with Gasteiger partial charge in [0.05, 0.1) is 22.1 Å². The van der Waals surface area contributed by atoms with Gasteiger partial charge in [-0.1, -0.05) is 24.3 Å². The number of aromatic nitrogens is 2. The van der Waals surface area contributed by atoms with Crippen LogP contribution >= 0.6 is 11.3 Å². The summed E-state index contributed by atoms with van der Waals surface area (Å²) in [5.41, 5.74) is 4.98. The fourth-order valence-electron chi connectivity index (χ4n) is 2.22. The van der Waals surface area contributed by atoms with Crippen LogP contribution in [0.4, 0.5) is 0 Å². The Morgan fingerprint density at radius 3 is 2.16 bits per heavy atom. The molecule has 3 heteroatoms. The van der Waals surface area contributed by atoms with Gasteiger partial charge in [0.2, 0.25) is 0 Å². The molecule has 0 unspecified atom stereocenters. The molecule has 19 heavy (non-hydrogen) atoms. The van der Waals surface area contributed by atoms with Crippen molar-refractivity contribution in [1.29, 1.82) is 0 Å². The van der Waals surface area contributed by atoms with Gasteiger partial charge in [-0.05, 0) is 41.3 Å². The maximum absolute atomic E-state index is 4.69. The van der Waals surface area contributed by atoms with Gasteiger partial charge in [0.15, 0.2) is 0 Å². The van der Waals surface area contributed by atoms with Crippen molar-refractivity contribution < 1.29 is 0 Å². The molecule has 0 N–H and O–H groups in total. The summed E-state index contributed by atoms with van der Waals surface area (Å²) >= 11 is 1.74. The minimum Gasteiger partial charge on any atom is -0.245 e. The lowest BCUT2D eigenvalue weighted by atomic mass is 10.1. The second-order valence-corrected chi connectivity index (χ2v) is 5.34. The number of rotatable bonds is 1. The number of benzene rings is 2. The molecular formula is C16H10N2S. The van der Waals surface area contributed by atoms with Crippen molar-refractivity contribution in [3.8, 4) is 10.4 Å². The topological polar surface area (TPSA) is 25.8 Å². The van der Waals surface area contributed by atoms with Crippen molar-refractivity contribution in [2.75, 3.05) is 0 Å². The molecule has 0 atom stereocenters. The maximum Gasteiger partial charge on any atom is 0.0901 e. The molecule has 2 aromatic carbocycles. The third-order valence-corrected chi connectivity index (χ3v) is 4.06. The van der Waals surface area contributed by atoms with Crippen LogP contribution in [0.5, 0.6) is 0 Å². The highest BCUT2D eigenvalue weighted by atomic mass is 32.1. The molecule has 0 saturated heterocycles. The zero-order valence-electron chi connectivity index (χ0n) is 10.1. The first-order valence-corrected chi connectivity index (χ1v) is 6.98. The smallest absolute Gasteiger partial charge is 0.0901 e. The molecule has 4 rings (SSSR count). The van der Waals surface area contributed by atoms with Crippen LogP contribution < -0.4 is 0 Å². The number of thiophene rings is 1. The van der Waals surface area contributed by atoms with Gasteiger partial charge in [0, 0.05) is 4.88 Å². The Morgan fingerprint density at radius 1 is 0.684 bits per heavy atom. The average molecular weight is 262 g/mol. The summed E-state index contributed by atoms with van der Waals surface area (Å²) in [6.45, 7) is 0. The molecule has 2 nitrogen and oxygen atoms in total. The molecule has 0 aliphatic heterocycles. The van der Waals surface area contributed by atoms with E-state index in [9.17, 15) is 0 Å². The van der Waals surface area contributed by atoms with E-state index in [2.05, 4.69) is 34.6 Å². The zero-order valence-corrected chi connectivity index (χ0v) is 10.9. The van der Waals surface area contributed by atoms with Crippen molar-refractivity contribution >= 4 is 33.4 Å². The molecule has 0 aliphatic rings. The Morgan fingerprint density at radius 2 is 1.42 bits per heavy atom. The molecule has 0 radical (unpaired) electrons. The summed E-state index contributed by atoms with van der Waals surface area (Å²) in [6, 6.07) is 18.4. The molecule has 2 aromatic heterocycles. The van der Waals surface area contributed by atoms with Gasteiger partial charge < -0.3 is 0 Å². The first kappa shape index (κ1) is 10.6. The number of para-hydroxylation sites is 2. The molecule has 0 saturated carbocycles. The van der Waals surface area contributed by atoms with Crippen molar-refractivity contribution in [1.82, 2.24) is 9.97 Å². The Hall–Kier alpha value is -2.26. The summed E-state index contributed by atoms with van der Waals surface area (Å²) in [7, 11) is 0. The van der Waals surface area contributed by atoms with E-state index in [0.29, 0.717) is 0 Å². The minimum absolute atomic E-state index is 0.943. The molecule has 2 heterocycles. The van der Waals surface area contributed by atoms with E-state index < -0.39 is 0 Å². The van der Waals surface area contributed by atoms with Crippen molar-refractivity contribution in [2.24, 2.45) is 0 Å². The Labute approximate surface area is 114 Å². The molecule has 0 amide bonds. The van der Waals surface area contributed by atoms with E-state index in [1.807, 2.05) is 30.3 Å². The van der Waals surface area contributed by atoms with E-state index in [4.69, 9.17) is 4.98 Å². The minimum atomic E-state index is 0.943. The molecule has 0 aliphatic carbocycles. The first-order valence-electron chi connectivity index (χ1n) is 6.10. The Balaban J connectivity index is 2.00. The zero-order chi connectivity index (χ0) is 12.7. The van der Waals surface area contributed by atoms with Crippen LogP contribution in [-0.4, -0.2) is 9.97 Å². The van der Waals surface area contributed by atoms with Gasteiger partial charge in [0.1, 0.15) is 0 Å². The van der Waals surface area contributed by atoms with E-state index in [0.717, 1.165) is 22.1 Å². The quantitative estimate of drug-likeness (QED) is 0.472. The number of hydrogen-bond acceptors (Lipinski definition) is 3. The summed E-state index contributed by atoms with van der Waals surface area (Å²) in [4.78, 5) is 10.6. The Bertz CT molecular complexity index is 866. The lowest BCUT2D eigenvalue weighted by Crippen LogP contribution is -1.87. The maximum atomic E-state index is 4.69. The third-order valence-electron chi connectivity index (χ3n) is 3.14. The van der Waals surface area contributed by atoms with Crippen LogP contribution in [0.2, 0.25) is 0 Å². The van der Waals surface area contributed by atoms with E-state index >= 15 is 0 Å². The van der Waals surface area contributed by atoms with Gasteiger partial charge >= 0.3 is 0 Å². The molecule has 0 bridgehead atoms. The van der Waals surface area contributed by atoms with Gasteiger partial charge in [0.25, 0.3) is 0 Å². The summed E-state index contributed by atoms with van der Waals surface area (Å²) < 4.78 is 0. The SMILES string of the molecule is c1csc(-c2ccc3nc4ccccc4nc3c2)c1. The molecule has 0 spiro atoms. The van der Waals surface area contributed by atoms with Gasteiger partial charge in [-0.25, -0.2) is 9.97 Å². The van der Waals surface area contributed by atoms with Gasteiger partial charge in [-0.2, -0.15) is 0 Å². The van der Waals surface area contributed by atoms with Crippen LogP contribution in [0.1, 0.15) is 0 Å². The number of hydrogen-bond donors (Lipinski definition) is 0. The largest absolute Gasteiger partial charge is 0.245 e. The molecular weight excluding hydrogens is 252 g/mol. The number of fused-ring (bicyclic) bond motifs is 2. The summed E-state index contributed by atoms with van der Waals surface area (Å²) in [5.74, 6) is 0. The van der Waals surface area contributed by atoms with E-state index in [1.54, 1.807) is 11.3 Å². The van der Waals surface area contributed by atoms with Gasteiger partial charge in [-0.3, -0.25) is 0 Å². The lowest BCUT2D eigenvalue weighted by molar-refractivity contribution is 1.40. The van der Waals surface area contributed by atoms with Crippen molar-refractivity contribution in [3.05, 3.63) is 60.0 Å². The van der Waals surface area contributed by atoms with Crippen LogP contribution in [0.15, 0.2) is 60.0 Å². The standard InChI is InChI=1S/C16H10N2S/c1-2-5-13-12(4-1)17-14-8-7-11(10-15(14)18-13)16-6-3-9-19-16/h1-10H. The van der Waals surface area contributed by atoms with E-state index in [1.165, 1.54) is 10.4 Å². The highest BCUT2D eigenvalue weighted by Crippen LogP contribution is 2.27. The van der Waals surface area contributed by atoms with Crippen LogP contribution in [0.25, 0.3) is 32.5 Å². The summed E-state index contributed by atoms with van der Waals surface area (Å²) in [6.07, 6.45) is 0. The fraction of sp³-hybridized carbons (Fsp3) is 0. The molecule has 0 fully saturated rings. The fourth-order valence-corrected chi connectivity index (χ4v) is 2.94. The normalized spacial score (nSPS) is 11.2. The van der Waals surface area contributed by atoms with Crippen molar-refractivity contribution in [3.63, 3.8) is 0 Å². The van der Waals surface area contributed by atoms with Crippen LogP contribution in [-0.2, 0) is 0 Å². The monoisotopic (exact) mass is 262 g/mol. The van der Waals surface area contributed by atoms with Crippen LogP contribution in [0, 0.1) is 0 Å². The van der Waals surface area contributed by atoms with Crippen molar-refractivity contribution in [2.45, 2.75) is 0 Å². The summed E-state index contributed by atoms with van der Waals surface area (Å²) in [5, 5.41) is 2.09. The van der Waals surface area contributed by atoms with E-state index in [-0.39, 0.29) is 0 Å². The molecule has 4 aromatic rings. The third kappa shape index (κ3) is 1.79. The van der Waals surface area contributed by atoms with Crippen LogP contribution in [0.3, 0.4) is 0 Å². The lowest BCUT2D eigenvalue weighted by Gasteiger charge is -2.03. The highest BCUT2D eigenvalue weighted by molar-refractivity contribution is 7.13. The predicted molar refractivity (Wildman–Crippen MR) is 80.4 cm³/mol.